The van der Waals surface area contributed by atoms with Gasteiger partial charge in [0.15, 0.2) is 0 Å². The summed E-state index contributed by atoms with van der Waals surface area (Å²) in [4.78, 5) is 30.3. The highest BCUT2D eigenvalue weighted by atomic mass is 19.1. The van der Waals surface area contributed by atoms with E-state index >= 15 is 0 Å². The molecule has 34 heavy (non-hydrogen) atoms. The number of nitrogens with zero attached hydrogens (tertiary/aromatic N) is 4. The maximum Gasteiger partial charge on any atom is 0.274 e. The summed E-state index contributed by atoms with van der Waals surface area (Å²) in [7, 11) is 1.74. The van der Waals surface area contributed by atoms with Crippen LogP contribution in [0.1, 0.15) is 40.5 Å². The first-order valence-corrected chi connectivity index (χ1v) is 11.1. The lowest BCUT2D eigenvalue weighted by Crippen LogP contribution is -2.24. The van der Waals surface area contributed by atoms with E-state index in [1.807, 2.05) is 30.3 Å². The van der Waals surface area contributed by atoms with E-state index in [4.69, 9.17) is 0 Å². The summed E-state index contributed by atoms with van der Waals surface area (Å²) in [5.74, 6) is -0.619. The van der Waals surface area contributed by atoms with Gasteiger partial charge in [-0.1, -0.05) is 12.1 Å². The number of hydrogen-bond donors (Lipinski definition) is 2. The first kappa shape index (κ1) is 20.3. The maximum absolute atomic E-state index is 13.5. The van der Waals surface area contributed by atoms with Crippen LogP contribution >= 0.6 is 0 Å². The van der Waals surface area contributed by atoms with Crippen molar-refractivity contribution in [3.05, 3.63) is 94.2 Å². The monoisotopic (exact) mass is 456 g/mol. The number of H-pyrrole nitrogens is 1. The number of imidazole rings is 1. The average molecular weight is 456 g/mol. The number of anilines is 1. The van der Waals surface area contributed by atoms with Crippen LogP contribution in [0.5, 0.6) is 0 Å². The second-order valence-corrected chi connectivity index (χ2v) is 8.70. The summed E-state index contributed by atoms with van der Waals surface area (Å²) in [6.07, 6.45) is 6.69. The number of hydrogen-bond acceptors (Lipinski definition) is 4. The smallest absolute Gasteiger partial charge is 0.274 e. The van der Waals surface area contributed by atoms with Crippen molar-refractivity contribution >= 4 is 28.1 Å². The molecule has 8 nitrogen and oxygen atoms in total. The van der Waals surface area contributed by atoms with Crippen molar-refractivity contribution in [2.24, 2.45) is 13.0 Å². The SMILES string of the molecule is Cn1cccc(C(c2[nH]nc3cccc(NC(=O)c4cnc5cc(F)ccn45)c23)C2CC2)c1=O. The molecule has 4 heterocycles. The Morgan fingerprint density at radius 3 is 2.88 bits per heavy atom. The number of fused-ring (bicyclic) bond motifs is 2. The van der Waals surface area contributed by atoms with Crippen LogP contribution < -0.4 is 10.9 Å². The highest BCUT2D eigenvalue weighted by Gasteiger charge is 2.37. The van der Waals surface area contributed by atoms with Gasteiger partial charge in [-0.25, -0.2) is 9.37 Å². The molecule has 1 saturated carbocycles. The van der Waals surface area contributed by atoms with Crippen LogP contribution in [-0.4, -0.2) is 30.1 Å². The van der Waals surface area contributed by atoms with E-state index in [1.165, 1.54) is 28.9 Å². The molecule has 1 amide bonds. The lowest BCUT2D eigenvalue weighted by Gasteiger charge is -2.17. The van der Waals surface area contributed by atoms with E-state index in [9.17, 15) is 14.0 Å². The third-order valence-corrected chi connectivity index (χ3v) is 6.46. The molecule has 0 bridgehead atoms. The molecule has 9 heteroatoms. The summed E-state index contributed by atoms with van der Waals surface area (Å²) < 4.78 is 16.6. The van der Waals surface area contributed by atoms with Gasteiger partial charge in [-0.3, -0.25) is 19.1 Å². The first-order chi connectivity index (χ1) is 16.5. The summed E-state index contributed by atoms with van der Waals surface area (Å²) in [5, 5.41) is 11.4. The summed E-state index contributed by atoms with van der Waals surface area (Å²) in [6.45, 7) is 0. The van der Waals surface area contributed by atoms with Gasteiger partial charge in [0.1, 0.15) is 17.2 Å². The molecule has 6 rings (SSSR count). The zero-order chi connectivity index (χ0) is 23.4. The molecule has 170 valence electrons. The predicted molar refractivity (Wildman–Crippen MR) is 125 cm³/mol. The Bertz CT molecular complexity index is 1630. The van der Waals surface area contributed by atoms with Gasteiger partial charge in [0.05, 0.1) is 23.1 Å². The zero-order valence-electron chi connectivity index (χ0n) is 18.3. The minimum Gasteiger partial charge on any atom is -0.320 e. The summed E-state index contributed by atoms with van der Waals surface area (Å²) in [5.41, 5.74) is 3.41. The largest absolute Gasteiger partial charge is 0.320 e. The summed E-state index contributed by atoms with van der Waals surface area (Å²) in [6, 6.07) is 11.8. The number of amides is 1. The van der Waals surface area contributed by atoms with Gasteiger partial charge in [0, 0.05) is 42.4 Å². The van der Waals surface area contributed by atoms with E-state index in [0.29, 0.717) is 28.3 Å². The quantitative estimate of drug-likeness (QED) is 0.420. The van der Waals surface area contributed by atoms with Crippen molar-refractivity contribution < 1.29 is 9.18 Å². The Morgan fingerprint density at radius 2 is 2.06 bits per heavy atom. The van der Waals surface area contributed by atoms with Gasteiger partial charge in [-0.15, -0.1) is 0 Å². The molecule has 4 aromatic heterocycles. The lowest BCUT2D eigenvalue weighted by atomic mass is 9.89. The second-order valence-electron chi connectivity index (χ2n) is 8.70. The topological polar surface area (TPSA) is 97.1 Å². The van der Waals surface area contributed by atoms with Crippen LogP contribution in [-0.2, 0) is 7.05 Å². The molecule has 2 N–H and O–H groups in total. The molecule has 0 spiro atoms. The van der Waals surface area contributed by atoms with Crippen molar-refractivity contribution in [1.82, 2.24) is 24.1 Å². The molecule has 5 aromatic rings. The molecular weight excluding hydrogens is 435 g/mol. The number of nitrogens with one attached hydrogen (secondary N) is 2. The molecule has 1 aliphatic rings. The zero-order valence-corrected chi connectivity index (χ0v) is 18.3. The van der Waals surface area contributed by atoms with Crippen molar-refractivity contribution in [1.29, 1.82) is 0 Å². The van der Waals surface area contributed by atoms with E-state index in [2.05, 4.69) is 20.5 Å². The highest BCUT2D eigenvalue weighted by molar-refractivity contribution is 6.08. The Hall–Kier alpha value is -4.27. The van der Waals surface area contributed by atoms with Gasteiger partial charge in [0.25, 0.3) is 11.5 Å². The number of aromatic amines is 1. The second kappa shape index (κ2) is 7.65. The van der Waals surface area contributed by atoms with Gasteiger partial charge < -0.3 is 9.88 Å². The van der Waals surface area contributed by atoms with Crippen LogP contribution in [0, 0.1) is 11.7 Å². The van der Waals surface area contributed by atoms with Crippen molar-refractivity contribution in [2.75, 3.05) is 5.32 Å². The van der Waals surface area contributed by atoms with Crippen LogP contribution in [0.15, 0.2) is 65.8 Å². The summed E-state index contributed by atoms with van der Waals surface area (Å²) >= 11 is 0. The van der Waals surface area contributed by atoms with Crippen molar-refractivity contribution in [3.8, 4) is 0 Å². The Labute approximate surface area is 193 Å². The first-order valence-electron chi connectivity index (χ1n) is 11.1. The molecular formula is C25H21FN6O2. The van der Waals surface area contributed by atoms with E-state index in [1.54, 1.807) is 17.8 Å². The Kier molecular flexibility index (Phi) is 4.58. The maximum atomic E-state index is 13.5. The van der Waals surface area contributed by atoms with E-state index in [-0.39, 0.29) is 23.1 Å². The predicted octanol–water partition coefficient (Wildman–Crippen LogP) is 3.84. The van der Waals surface area contributed by atoms with Crippen LogP contribution in [0.4, 0.5) is 10.1 Å². The van der Waals surface area contributed by atoms with Crippen LogP contribution in [0.25, 0.3) is 16.6 Å². The lowest BCUT2D eigenvalue weighted by molar-refractivity contribution is 0.102. The van der Waals surface area contributed by atoms with Crippen molar-refractivity contribution in [2.45, 2.75) is 18.8 Å². The fraction of sp³-hybridized carbons (Fsp3) is 0.200. The molecule has 1 unspecified atom stereocenters. The number of halogens is 1. The highest BCUT2D eigenvalue weighted by Crippen LogP contribution is 2.47. The molecule has 0 saturated heterocycles. The van der Waals surface area contributed by atoms with Gasteiger partial charge in [0.2, 0.25) is 0 Å². The van der Waals surface area contributed by atoms with Crippen molar-refractivity contribution in [3.63, 3.8) is 0 Å². The fourth-order valence-corrected chi connectivity index (χ4v) is 4.66. The molecule has 0 radical (unpaired) electrons. The normalized spacial score (nSPS) is 14.5. The molecule has 1 fully saturated rings. The minimum atomic E-state index is -0.420. The van der Waals surface area contributed by atoms with Gasteiger partial charge in [-0.05, 0) is 43.0 Å². The van der Waals surface area contributed by atoms with Gasteiger partial charge in [-0.2, -0.15) is 5.10 Å². The molecule has 1 aromatic carbocycles. The van der Waals surface area contributed by atoms with Crippen LogP contribution in [0.2, 0.25) is 0 Å². The van der Waals surface area contributed by atoms with E-state index < -0.39 is 5.82 Å². The molecule has 1 atom stereocenters. The Morgan fingerprint density at radius 1 is 1.21 bits per heavy atom. The number of carbonyl (C=O) groups excluding carboxylic acids is 1. The number of aryl methyl sites for hydroxylation is 1. The van der Waals surface area contributed by atoms with Gasteiger partial charge >= 0.3 is 0 Å². The number of benzene rings is 1. The molecule has 1 aliphatic carbocycles. The molecule has 0 aliphatic heterocycles. The van der Waals surface area contributed by atoms with Crippen LogP contribution in [0.3, 0.4) is 0 Å². The third-order valence-electron chi connectivity index (χ3n) is 6.46. The average Bonchev–Trinajstić information content (AvgIpc) is 3.42. The third kappa shape index (κ3) is 3.28. The number of aromatic nitrogens is 5. The fourth-order valence-electron chi connectivity index (χ4n) is 4.66. The number of pyridine rings is 2. The standard InChI is InChI=1S/C25H21FN6O2/c1-31-10-3-4-16(25(31)34)21(14-7-8-14)23-22-17(5-2-6-18(22)29-30-23)28-24(33)19-13-27-20-12-15(26)9-11-32(19)20/h2-6,9-14,21H,7-8H2,1H3,(H,28,33)(H,29,30). The number of rotatable bonds is 5. The minimum absolute atomic E-state index is 0.0402. The Balaban J connectivity index is 1.44. The van der Waals surface area contributed by atoms with E-state index in [0.717, 1.165) is 23.9 Å². The number of carbonyl (C=O) groups is 1.